The molecule has 1 N–H and O–H groups in total. The number of ether oxygens (including phenoxy) is 1. The van der Waals surface area contributed by atoms with E-state index >= 15 is 0 Å². The number of hydrogen-bond acceptors (Lipinski definition) is 4. The lowest BCUT2D eigenvalue weighted by Crippen LogP contribution is -2.04. The molecule has 0 aliphatic carbocycles. The van der Waals surface area contributed by atoms with Crippen molar-refractivity contribution >= 4 is 0 Å². The van der Waals surface area contributed by atoms with Gasteiger partial charge in [-0.25, -0.2) is 0 Å². The Balaban J connectivity index is 2.22. The summed E-state index contributed by atoms with van der Waals surface area (Å²) in [6.07, 6.45) is 0.886. The Labute approximate surface area is 90.3 Å². The van der Waals surface area contributed by atoms with Crippen LogP contribution in [0.15, 0.2) is 22.7 Å². The number of rotatable bonds is 7. The minimum Gasteiger partial charge on any atom is -0.373 e. The minimum absolute atomic E-state index is 0.476. The molecule has 1 aromatic heterocycles. The van der Waals surface area contributed by atoms with E-state index in [0.717, 1.165) is 30.0 Å². The quantitative estimate of drug-likeness (QED) is 0.551. The lowest BCUT2D eigenvalue weighted by atomic mass is 10.3. The standard InChI is InChI=1S/C11H18N2O2/c1-9(2)4-5-14-8-11-6-10(7-12-3)13-15-11/h6,12H,1,4-5,7-8H2,2-3H3. The Kier molecular flexibility index (Phi) is 5.07. The molecule has 4 heteroatoms. The largest absolute Gasteiger partial charge is 0.373 e. The fourth-order valence-corrected chi connectivity index (χ4v) is 1.11. The van der Waals surface area contributed by atoms with Crippen LogP contribution in [0.25, 0.3) is 0 Å². The smallest absolute Gasteiger partial charge is 0.162 e. The topological polar surface area (TPSA) is 47.3 Å². The van der Waals surface area contributed by atoms with Gasteiger partial charge in [0, 0.05) is 12.6 Å². The molecule has 0 saturated carbocycles. The van der Waals surface area contributed by atoms with Crippen LogP contribution in [0.4, 0.5) is 0 Å². The minimum atomic E-state index is 0.476. The lowest BCUT2D eigenvalue weighted by molar-refractivity contribution is 0.104. The summed E-state index contributed by atoms with van der Waals surface area (Å²) in [6, 6.07) is 1.90. The number of aromatic nitrogens is 1. The van der Waals surface area contributed by atoms with Crippen molar-refractivity contribution in [2.75, 3.05) is 13.7 Å². The zero-order valence-electron chi connectivity index (χ0n) is 9.38. The van der Waals surface area contributed by atoms with Crippen LogP contribution in [-0.4, -0.2) is 18.8 Å². The molecule has 4 nitrogen and oxygen atoms in total. The van der Waals surface area contributed by atoms with Crippen LogP contribution in [0.1, 0.15) is 24.8 Å². The van der Waals surface area contributed by atoms with Gasteiger partial charge in [-0.05, 0) is 20.4 Å². The van der Waals surface area contributed by atoms with E-state index in [4.69, 9.17) is 9.26 Å². The van der Waals surface area contributed by atoms with Crippen molar-refractivity contribution in [1.29, 1.82) is 0 Å². The maximum absolute atomic E-state index is 5.41. The third kappa shape index (κ3) is 4.76. The first-order chi connectivity index (χ1) is 7.22. The van der Waals surface area contributed by atoms with E-state index in [-0.39, 0.29) is 0 Å². The molecular formula is C11H18N2O2. The highest BCUT2D eigenvalue weighted by Gasteiger charge is 2.02. The maximum Gasteiger partial charge on any atom is 0.162 e. The van der Waals surface area contributed by atoms with E-state index in [1.807, 2.05) is 20.0 Å². The molecule has 1 rings (SSSR count). The summed E-state index contributed by atoms with van der Waals surface area (Å²) < 4.78 is 10.5. The van der Waals surface area contributed by atoms with E-state index in [1.54, 1.807) is 0 Å². The van der Waals surface area contributed by atoms with Gasteiger partial charge >= 0.3 is 0 Å². The Morgan fingerprint density at radius 2 is 2.47 bits per heavy atom. The Hall–Kier alpha value is -1.13. The van der Waals surface area contributed by atoms with Crippen LogP contribution in [-0.2, 0) is 17.9 Å². The van der Waals surface area contributed by atoms with Crippen molar-refractivity contribution in [1.82, 2.24) is 10.5 Å². The SMILES string of the molecule is C=C(C)CCOCc1cc(CNC)no1. The molecule has 1 heterocycles. The highest BCUT2D eigenvalue weighted by Crippen LogP contribution is 2.05. The summed E-state index contributed by atoms with van der Waals surface area (Å²) in [7, 11) is 1.87. The molecule has 15 heavy (non-hydrogen) atoms. The van der Waals surface area contributed by atoms with E-state index in [2.05, 4.69) is 17.1 Å². The second-order valence-electron chi connectivity index (χ2n) is 3.57. The van der Waals surface area contributed by atoms with Gasteiger partial charge in [0.25, 0.3) is 0 Å². The first-order valence-corrected chi connectivity index (χ1v) is 5.03. The fourth-order valence-electron chi connectivity index (χ4n) is 1.11. The number of nitrogens with zero attached hydrogens (tertiary/aromatic N) is 1. The van der Waals surface area contributed by atoms with Gasteiger partial charge in [0.2, 0.25) is 0 Å². The van der Waals surface area contributed by atoms with E-state index in [1.165, 1.54) is 0 Å². The summed E-state index contributed by atoms with van der Waals surface area (Å²) in [4.78, 5) is 0. The average Bonchev–Trinajstić information content (AvgIpc) is 2.61. The summed E-state index contributed by atoms with van der Waals surface area (Å²) >= 11 is 0. The van der Waals surface area contributed by atoms with Crippen LogP contribution in [0, 0.1) is 0 Å². The van der Waals surface area contributed by atoms with Crippen molar-refractivity contribution < 1.29 is 9.26 Å². The van der Waals surface area contributed by atoms with Gasteiger partial charge in [-0.15, -0.1) is 6.58 Å². The fraction of sp³-hybridized carbons (Fsp3) is 0.545. The molecule has 0 amide bonds. The van der Waals surface area contributed by atoms with Crippen LogP contribution in [0.2, 0.25) is 0 Å². The van der Waals surface area contributed by atoms with Crippen molar-refractivity contribution in [3.05, 3.63) is 29.7 Å². The molecular weight excluding hydrogens is 192 g/mol. The second kappa shape index (κ2) is 6.37. The summed E-state index contributed by atoms with van der Waals surface area (Å²) in [5, 5.41) is 6.89. The van der Waals surface area contributed by atoms with Gasteiger partial charge in [-0.2, -0.15) is 0 Å². The summed E-state index contributed by atoms with van der Waals surface area (Å²) in [5.41, 5.74) is 2.03. The van der Waals surface area contributed by atoms with E-state index in [0.29, 0.717) is 13.2 Å². The monoisotopic (exact) mass is 210 g/mol. The molecule has 0 fully saturated rings. The zero-order chi connectivity index (χ0) is 11.1. The second-order valence-corrected chi connectivity index (χ2v) is 3.57. The van der Waals surface area contributed by atoms with Gasteiger partial charge in [0.15, 0.2) is 5.76 Å². The van der Waals surface area contributed by atoms with Crippen LogP contribution >= 0.6 is 0 Å². The highest BCUT2D eigenvalue weighted by atomic mass is 16.5. The third-order valence-electron chi connectivity index (χ3n) is 1.88. The Bertz CT molecular complexity index is 307. The predicted octanol–water partition coefficient (Wildman–Crippen LogP) is 1.88. The summed E-state index contributed by atoms with van der Waals surface area (Å²) in [6.45, 7) is 7.66. The van der Waals surface area contributed by atoms with Gasteiger partial charge < -0.3 is 14.6 Å². The number of nitrogens with one attached hydrogen (secondary N) is 1. The zero-order valence-corrected chi connectivity index (χ0v) is 9.38. The van der Waals surface area contributed by atoms with Gasteiger partial charge in [-0.1, -0.05) is 10.7 Å². The van der Waals surface area contributed by atoms with Crippen molar-refractivity contribution in [2.45, 2.75) is 26.5 Å². The molecule has 0 aliphatic rings. The Morgan fingerprint density at radius 3 is 3.13 bits per heavy atom. The Morgan fingerprint density at radius 1 is 1.67 bits per heavy atom. The molecule has 0 spiro atoms. The number of hydrogen-bond donors (Lipinski definition) is 1. The molecule has 0 radical (unpaired) electrons. The highest BCUT2D eigenvalue weighted by molar-refractivity contribution is 5.03. The lowest BCUT2D eigenvalue weighted by Gasteiger charge is -2.00. The molecule has 0 aliphatic heterocycles. The van der Waals surface area contributed by atoms with E-state index in [9.17, 15) is 0 Å². The molecule has 0 aromatic carbocycles. The van der Waals surface area contributed by atoms with Crippen LogP contribution in [0.5, 0.6) is 0 Å². The molecule has 0 bridgehead atoms. The van der Waals surface area contributed by atoms with Gasteiger partial charge in [0.1, 0.15) is 6.61 Å². The van der Waals surface area contributed by atoms with Crippen molar-refractivity contribution in [2.24, 2.45) is 0 Å². The van der Waals surface area contributed by atoms with Crippen molar-refractivity contribution in [3.8, 4) is 0 Å². The third-order valence-corrected chi connectivity index (χ3v) is 1.88. The van der Waals surface area contributed by atoms with Crippen LogP contribution < -0.4 is 5.32 Å². The maximum atomic E-state index is 5.41. The van der Waals surface area contributed by atoms with E-state index < -0.39 is 0 Å². The normalized spacial score (nSPS) is 10.5. The van der Waals surface area contributed by atoms with Crippen LogP contribution in [0.3, 0.4) is 0 Å². The average molecular weight is 210 g/mol. The first kappa shape index (κ1) is 11.9. The van der Waals surface area contributed by atoms with Gasteiger partial charge in [-0.3, -0.25) is 0 Å². The molecule has 0 atom stereocenters. The van der Waals surface area contributed by atoms with Gasteiger partial charge in [0.05, 0.1) is 12.3 Å². The molecule has 0 unspecified atom stereocenters. The molecule has 0 saturated heterocycles. The van der Waals surface area contributed by atoms with Crippen molar-refractivity contribution in [3.63, 3.8) is 0 Å². The predicted molar refractivity (Wildman–Crippen MR) is 58.4 cm³/mol. The first-order valence-electron chi connectivity index (χ1n) is 5.03. The molecule has 84 valence electrons. The summed E-state index contributed by atoms with van der Waals surface area (Å²) in [5.74, 6) is 0.766. The molecule has 1 aromatic rings.